The number of imide groups is 1. The summed E-state index contributed by atoms with van der Waals surface area (Å²) in [6, 6.07) is 19.2. The predicted molar refractivity (Wildman–Crippen MR) is 146 cm³/mol. The smallest absolute Gasteiger partial charge is 0.271 e. The number of allylic oxidation sites excluding steroid dienone is 3. The normalized spacial score (nSPS) is 22.8. The summed E-state index contributed by atoms with van der Waals surface area (Å²) in [4.78, 5) is 39.5. The molecule has 1 aliphatic heterocycles. The summed E-state index contributed by atoms with van der Waals surface area (Å²) < 4.78 is 10.7. The van der Waals surface area contributed by atoms with E-state index in [1.807, 2.05) is 60.7 Å². The van der Waals surface area contributed by atoms with Crippen LogP contribution in [-0.2, 0) is 9.59 Å². The number of fused-ring (bicyclic) bond motifs is 5. The Hall–Kier alpha value is -4.43. The van der Waals surface area contributed by atoms with Gasteiger partial charge in [0, 0.05) is 24.0 Å². The van der Waals surface area contributed by atoms with E-state index in [2.05, 4.69) is 0 Å². The Labute approximate surface area is 229 Å². The van der Waals surface area contributed by atoms with E-state index in [0.717, 1.165) is 38.7 Å². The number of carbonyl (C=O) groups excluding carboxylic acids is 2. The molecule has 1 saturated carbocycles. The number of nitro groups is 1. The van der Waals surface area contributed by atoms with Crippen molar-refractivity contribution in [1.82, 2.24) is 0 Å². The molecule has 6 rings (SSSR count). The van der Waals surface area contributed by atoms with Gasteiger partial charge in [0.2, 0.25) is 11.8 Å². The van der Waals surface area contributed by atoms with Crippen LogP contribution in [0.1, 0.15) is 11.1 Å². The number of hydrogen-bond donors (Lipinski definition) is 0. The molecule has 4 atom stereocenters. The SMILES string of the molecule is COc1ccc(C(=C2[C@H]3C=C[C@H]2[C@H]2C(=O)N(c4cc([N+](=O)[O-])ccc4Cl)C(=O)[C@@H]23)c2ccc(OC)cc2)cc1. The van der Waals surface area contributed by atoms with E-state index in [4.69, 9.17) is 21.1 Å². The van der Waals surface area contributed by atoms with Crippen LogP contribution in [0.2, 0.25) is 5.02 Å². The highest BCUT2D eigenvalue weighted by molar-refractivity contribution is 6.36. The second kappa shape index (κ2) is 9.39. The summed E-state index contributed by atoms with van der Waals surface area (Å²) in [6.45, 7) is 0. The monoisotopic (exact) mass is 542 g/mol. The fraction of sp³-hybridized carbons (Fsp3) is 0.200. The van der Waals surface area contributed by atoms with E-state index in [-0.39, 0.29) is 28.2 Å². The molecular weight excluding hydrogens is 520 g/mol. The summed E-state index contributed by atoms with van der Waals surface area (Å²) in [5, 5.41) is 11.5. The molecule has 3 aromatic rings. The van der Waals surface area contributed by atoms with Gasteiger partial charge in [0.25, 0.3) is 5.69 Å². The van der Waals surface area contributed by atoms with Gasteiger partial charge in [-0.2, -0.15) is 0 Å². The molecule has 2 aliphatic carbocycles. The Bertz CT molecular complexity index is 1490. The number of hydrogen-bond acceptors (Lipinski definition) is 6. The van der Waals surface area contributed by atoms with E-state index in [0.29, 0.717) is 0 Å². The van der Waals surface area contributed by atoms with Crippen LogP contribution in [0.15, 0.2) is 84.5 Å². The number of carbonyl (C=O) groups is 2. The van der Waals surface area contributed by atoms with Gasteiger partial charge in [-0.15, -0.1) is 0 Å². The standard InChI is InChI=1S/C30H23ClN2O6/c1-38-19-8-3-16(4-9-19)25(17-5-10-20(39-2)11-6-17)26-21-12-13-22(26)28-27(21)29(34)32(30(28)35)24-15-18(33(36)37)7-14-23(24)31/h3-15,21-22,27-28H,1-2H3/t21-,22-,27-,28-/m1/s1. The first kappa shape index (κ1) is 24.9. The Balaban J connectivity index is 1.47. The molecule has 3 aromatic carbocycles. The van der Waals surface area contributed by atoms with Crippen molar-refractivity contribution in [2.24, 2.45) is 23.7 Å². The highest BCUT2D eigenvalue weighted by Gasteiger charge is 2.62. The van der Waals surface area contributed by atoms with Gasteiger partial charge < -0.3 is 9.47 Å². The zero-order chi connectivity index (χ0) is 27.4. The minimum Gasteiger partial charge on any atom is -0.497 e. The lowest BCUT2D eigenvalue weighted by molar-refractivity contribution is -0.384. The molecule has 2 bridgehead atoms. The number of rotatable bonds is 6. The molecule has 2 fully saturated rings. The van der Waals surface area contributed by atoms with Crippen LogP contribution in [-0.4, -0.2) is 31.0 Å². The molecule has 1 saturated heterocycles. The van der Waals surface area contributed by atoms with E-state index in [1.54, 1.807) is 14.2 Å². The average molecular weight is 543 g/mol. The first-order valence-electron chi connectivity index (χ1n) is 12.4. The molecule has 0 radical (unpaired) electrons. The van der Waals surface area contributed by atoms with Crippen LogP contribution in [0, 0.1) is 33.8 Å². The second-order valence-corrected chi connectivity index (χ2v) is 10.1. The van der Waals surface area contributed by atoms with Gasteiger partial charge in [-0.1, -0.05) is 48.0 Å². The van der Waals surface area contributed by atoms with Gasteiger partial charge in [0.15, 0.2) is 0 Å². The second-order valence-electron chi connectivity index (χ2n) is 9.68. The van der Waals surface area contributed by atoms with E-state index < -0.39 is 28.6 Å². The zero-order valence-corrected chi connectivity index (χ0v) is 21.8. The molecule has 3 aliphatic rings. The number of ether oxygens (including phenoxy) is 2. The van der Waals surface area contributed by atoms with Crippen molar-refractivity contribution in [3.05, 3.63) is 111 Å². The van der Waals surface area contributed by atoms with Crippen molar-refractivity contribution in [2.75, 3.05) is 19.1 Å². The number of nitro benzene ring substituents is 1. The minimum absolute atomic E-state index is 0.0470. The van der Waals surface area contributed by atoms with Crippen molar-refractivity contribution in [3.63, 3.8) is 0 Å². The number of amides is 2. The van der Waals surface area contributed by atoms with Crippen molar-refractivity contribution in [2.45, 2.75) is 0 Å². The Morgan fingerprint density at radius 2 is 1.31 bits per heavy atom. The lowest BCUT2D eigenvalue weighted by atomic mass is 9.85. The molecule has 2 amide bonds. The molecule has 9 heteroatoms. The molecule has 0 unspecified atom stereocenters. The quantitative estimate of drug-likeness (QED) is 0.172. The van der Waals surface area contributed by atoms with Gasteiger partial charge in [-0.3, -0.25) is 19.7 Å². The van der Waals surface area contributed by atoms with Gasteiger partial charge in [-0.05, 0) is 52.6 Å². The maximum absolute atomic E-state index is 13.8. The molecule has 196 valence electrons. The minimum atomic E-state index is -0.621. The van der Waals surface area contributed by atoms with Crippen LogP contribution in [0.3, 0.4) is 0 Å². The maximum Gasteiger partial charge on any atom is 0.271 e. The van der Waals surface area contributed by atoms with Gasteiger partial charge >= 0.3 is 0 Å². The number of anilines is 1. The van der Waals surface area contributed by atoms with E-state index >= 15 is 0 Å². The lowest BCUT2D eigenvalue weighted by Gasteiger charge is -2.22. The van der Waals surface area contributed by atoms with E-state index in [9.17, 15) is 19.7 Å². The molecule has 0 spiro atoms. The number of halogens is 1. The topological polar surface area (TPSA) is 99.0 Å². The maximum atomic E-state index is 13.8. The Morgan fingerprint density at radius 1 is 0.821 bits per heavy atom. The fourth-order valence-electron chi connectivity index (χ4n) is 6.14. The number of nitrogens with zero attached hydrogens (tertiary/aromatic N) is 2. The van der Waals surface area contributed by atoms with Gasteiger partial charge in [-0.25, -0.2) is 4.90 Å². The predicted octanol–water partition coefficient (Wildman–Crippen LogP) is 5.69. The summed E-state index contributed by atoms with van der Waals surface area (Å²) in [7, 11) is 3.22. The van der Waals surface area contributed by atoms with Gasteiger partial charge in [0.1, 0.15) is 11.5 Å². The number of benzene rings is 3. The van der Waals surface area contributed by atoms with Crippen LogP contribution in [0.4, 0.5) is 11.4 Å². The first-order chi connectivity index (χ1) is 18.8. The molecule has 1 heterocycles. The molecule has 39 heavy (non-hydrogen) atoms. The van der Waals surface area contributed by atoms with Crippen LogP contribution in [0.25, 0.3) is 5.57 Å². The van der Waals surface area contributed by atoms with Crippen molar-refractivity contribution in [1.29, 1.82) is 0 Å². The average Bonchev–Trinajstić information content (AvgIpc) is 3.58. The van der Waals surface area contributed by atoms with Crippen LogP contribution in [0.5, 0.6) is 11.5 Å². The van der Waals surface area contributed by atoms with Crippen molar-refractivity contribution >= 4 is 40.4 Å². The van der Waals surface area contributed by atoms with Crippen LogP contribution < -0.4 is 14.4 Å². The van der Waals surface area contributed by atoms with Crippen LogP contribution >= 0.6 is 11.6 Å². The third kappa shape index (κ3) is 3.82. The third-order valence-corrected chi connectivity index (χ3v) is 8.16. The Kier molecular flexibility index (Phi) is 5.99. The van der Waals surface area contributed by atoms with Crippen molar-refractivity contribution in [3.8, 4) is 11.5 Å². The molecule has 0 N–H and O–H groups in total. The highest BCUT2D eigenvalue weighted by atomic mass is 35.5. The van der Waals surface area contributed by atoms with Gasteiger partial charge in [0.05, 0.1) is 41.7 Å². The first-order valence-corrected chi connectivity index (χ1v) is 12.7. The number of non-ortho nitro benzene ring substituents is 1. The molecule has 0 aromatic heterocycles. The fourth-order valence-corrected chi connectivity index (χ4v) is 6.34. The van der Waals surface area contributed by atoms with Crippen molar-refractivity contribution < 1.29 is 24.0 Å². The summed E-state index contributed by atoms with van der Waals surface area (Å²) in [5.74, 6) is -1.21. The molecule has 8 nitrogen and oxygen atoms in total. The summed E-state index contributed by atoms with van der Waals surface area (Å²) in [5.41, 5.74) is 3.64. The summed E-state index contributed by atoms with van der Waals surface area (Å²) >= 11 is 6.33. The summed E-state index contributed by atoms with van der Waals surface area (Å²) in [6.07, 6.45) is 4.00. The molecular formula is C30H23ClN2O6. The Morgan fingerprint density at radius 3 is 1.74 bits per heavy atom. The largest absolute Gasteiger partial charge is 0.497 e. The lowest BCUT2D eigenvalue weighted by Crippen LogP contribution is -2.33. The third-order valence-electron chi connectivity index (χ3n) is 7.84. The highest BCUT2D eigenvalue weighted by Crippen LogP contribution is 2.59. The van der Waals surface area contributed by atoms with E-state index in [1.165, 1.54) is 18.2 Å². The number of methoxy groups -OCH3 is 2. The zero-order valence-electron chi connectivity index (χ0n) is 21.0.